The summed E-state index contributed by atoms with van der Waals surface area (Å²) in [6.45, 7) is 8.08. The van der Waals surface area contributed by atoms with E-state index in [-0.39, 0.29) is 12.0 Å². The number of benzene rings is 1. The predicted octanol–water partition coefficient (Wildman–Crippen LogP) is 2.90. The van der Waals surface area contributed by atoms with Crippen LogP contribution in [-0.2, 0) is 4.74 Å². The molecule has 2 fully saturated rings. The number of urea groups is 1. The Morgan fingerprint density at radius 3 is 2.45 bits per heavy atom. The number of amides is 2. The number of carbonyl (C=O) groups excluding carboxylic acids is 2. The van der Waals surface area contributed by atoms with Crippen LogP contribution in [0.1, 0.15) is 29.8 Å². The van der Waals surface area contributed by atoms with Crippen molar-refractivity contribution >= 4 is 17.7 Å². The normalized spacial score (nSPS) is 24.6. The summed E-state index contributed by atoms with van der Waals surface area (Å²) >= 11 is 0. The maximum atomic E-state index is 12.3. The predicted molar refractivity (Wildman–Crippen MR) is 83.9 cm³/mol. The number of carbonyl (C=O) groups is 2. The van der Waals surface area contributed by atoms with Gasteiger partial charge in [-0.2, -0.15) is 0 Å². The number of rotatable bonds is 2. The van der Waals surface area contributed by atoms with Gasteiger partial charge >= 0.3 is 12.0 Å². The summed E-state index contributed by atoms with van der Waals surface area (Å²) in [4.78, 5) is 25.7. The van der Waals surface area contributed by atoms with Gasteiger partial charge in [0.2, 0.25) is 0 Å². The number of methoxy groups -OCH3 is 1. The van der Waals surface area contributed by atoms with Gasteiger partial charge in [-0.05, 0) is 47.9 Å². The lowest BCUT2D eigenvalue weighted by Crippen LogP contribution is -2.36. The third-order valence-corrected chi connectivity index (χ3v) is 5.30. The number of hydrogen-bond acceptors (Lipinski definition) is 3. The Hall–Kier alpha value is -2.04. The highest BCUT2D eigenvalue weighted by Crippen LogP contribution is 2.61. The molecule has 2 atom stereocenters. The summed E-state index contributed by atoms with van der Waals surface area (Å²) in [6, 6.07) is 5.09. The van der Waals surface area contributed by atoms with E-state index in [1.807, 2.05) is 11.8 Å². The van der Waals surface area contributed by atoms with E-state index in [9.17, 15) is 9.59 Å². The van der Waals surface area contributed by atoms with E-state index in [1.54, 1.807) is 18.2 Å². The van der Waals surface area contributed by atoms with Gasteiger partial charge in [-0.25, -0.2) is 9.59 Å². The molecule has 118 valence electrons. The van der Waals surface area contributed by atoms with Crippen LogP contribution in [-0.4, -0.2) is 37.1 Å². The van der Waals surface area contributed by atoms with Crippen LogP contribution in [0, 0.1) is 24.2 Å². The highest BCUT2D eigenvalue weighted by molar-refractivity contribution is 5.93. The molecule has 1 aromatic carbocycles. The quantitative estimate of drug-likeness (QED) is 0.855. The molecule has 1 saturated carbocycles. The summed E-state index contributed by atoms with van der Waals surface area (Å²) in [7, 11) is 1.35. The minimum Gasteiger partial charge on any atom is -0.465 e. The number of nitrogens with zero attached hydrogens (tertiary/aromatic N) is 1. The Labute approximate surface area is 130 Å². The number of likely N-dealkylation sites (tertiary alicyclic amines) is 1. The fraction of sp³-hybridized carbons (Fsp3) is 0.529. The van der Waals surface area contributed by atoms with Crippen molar-refractivity contribution in [1.29, 1.82) is 0 Å². The van der Waals surface area contributed by atoms with Crippen LogP contribution in [0.15, 0.2) is 18.2 Å². The number of anilines is 1. The Morgan fingerprint density at radius 2 is 1.91 bits per heavy atom. The van der Waals surface area contributed by atoms with Crippen LogP contribution in [0.4, 0.5) is 10.5 Å². The molecule has 3 rings (SSSR count). The molecule has 0 spiro atoms. The van der Waals surface area contributed by atoms with Crippen LogP contribution < -0.4 is 5.32 Å². The summed E-state index contributed by atoms with van der Waals surface area (Å²) in [6.07, 6.45) is 0. The number of aryl methyl sites for hydroxylation is 1. The largest absolute Gasteiger partial charge is 0.465 e. The average Bonchev–Trinajstić information content (AvgIpc) is 2.86. The number of fused-ring (bicyclic) bond motifs is 1. The van der Waals surface area contributed by atoms with E-state index < -0.39 is 0 Å². The second kappa shape index (κ2) is 5.00. The van der Waals surface area contributed by atoms with E-state index in [0.717, 1.165) is 24.3 Å². The van der Waals surface area contributed by atoms with Crippen LogP contribution in [0.5, 0.6) is 0 Å². The molecule has 1 aromatic rings. The molecule has 0 bridgehead atoms. The van der Waals surface area contributed by atoms with Gasteiger partial charge in [0.1, 0.15) is 0 Å². The Kier molecular flexibility index (Phi) is 3.38. The molecular formula is C17H22N2O3. The van der Waals surface area contributed by atoms with Crippen molar-refractivity contribution in [3.8, 4) is 0 Å². The van der Waals surface area contributed by atoms with Crippen molar-refractivity contribution in [1.82, 2.24) is 4.90 Å². The average molecular weight is 302 g/mol. The number of esters is 1. The van der Waals surface area contributed by atoms with Gasteiger partial charge in [0.15, 0.2) is 0 Å². The fourth-order valence-corrected chi connectivity index (χ4v) is 3.54. The highest BCUT2D eigenvalue weighted by atomic mass is 16.5. The maximum Gasteiger partial charge on any atom is 0.337 e. The minimum absolute atomic E-state index is 0.0584. The number of hydrogen-bond donors (Lipinski definition) is 1. The van der Waals surface area contributed by atoms with Crippen molar-refractivity contribution < 1.29 is 14.3 Å². The number of nitrogens with one attached hydrogen (secondary N) is 1. The van der Waals surface area contributed by atoms with Gasteiger partial charge in [0.25, 0.3) is 0 Å². The molecule has 1 N–H and O–H groups in total. The van der Waals surface area contributed by atoms with Gasteiger partial charge in [-0.15, -0.1) is 0 Å². The maximum absolute atomic E-state index is 12.3. The molecule has 0 aromatic heterocycles. The molecule has 2 amide bonds. The SMILES string of the molecule is COC(=O)c1ccc(NC(=O)N2CC3C(C2)C3(C)C)c(C)c1. The molecule has 0 radical (unpaired) electrons. The van der Waals surface area contributed by atoms with Crippen LogP contribution in [0.25, 0.3) is 0 Å². The van der Waals surface area contributed by atoms with E-state index in [2.05, 4.69) is 19.2 Å². The van der Waals surface area contributed by atoms with E-state index in [0.29, 0.717) is 22.8 Å². The highest BCUT2D eigenvalue weighted by Gasteiger charge is 2.62. The summed E-state index contributed by atoms with van der Waals surface area (Å²) in [5.41, 5.74) is 2.47. The standard InChI is InChI=1S/C17H22N2O3/c1-10-7-11(15(20)22-4)5-6-14(10)18-16(21)19-8-12-13(9-19)17(12,2)3/h5-7,12-13H,8-9H2,1-4H3,(H,18,21). The Morgan fingerprint density at radius 1 is 1.27 bits per heavy atom. The van der Waals surface area contributed by atoms with Crippen LogP contribution in [0.3, 0.4) is 0 Å². The van der Waals surface area contributed by atoms with Crippen molar-refractivity contribution in [2.45, 2.75) is 20.8 Å². The molecule has 22 heavy (non-hydrogen) atoms. The van der Waals surface area contributed by atoms with Crippen LogP contribution in [0.2, 0.25) is 0 Å². The fourth-order valence-electron chi connectivity index (χ4n) is 3.54. The molecular weight excluding hydrogens is 280 g/mol. The first kappa shape index (κ1) is 14.9. The first-order valence-corrected chi connectivity index (χ1v) is 7.59. The van der Waals surface area contributed by atoms with Crippen molar-refractivity contribution in [2.24, 2.45) is 17.3 Å². The molecule has 2 unspecified atom stereocenters. The van der Waals surface area contributed by atoms with Crippen LogP contribution >= 0.6 is 0 Å². The van der Waals surface area contributed by atoms with Gasteiger partial charge in [0, 0.05) is 18.8 Å². The number of piperidine rings is 1. The smallest absolute Gasteiger partial charge is 0.337 e. The zero-order chi connectivity index (χ0) is 16.1. The van der Waals surface area contributed by atoms with E-state index >= 15 is 0 Å². The molecule has 1 heterocycles. The second-order valence-electron chi connectivity index (χ2n) is 6.89. The molecule has 1 aliphatic carbocycles. The zero-order valence-corrected chi connectivity index (χ0v) is 13.5. The van der Waals surface area contributed by atoms with Crippen molar-refractivity contribution in [3.63, 3.8) is 0 Å². The summed E-state index contributed by atoms with van der Waals surface area (Å²) < 4.78 is 4.70. The van der Waals surface area contributed by atoms with Gasteiger partial charge in [-0.1, -0.05) is 13.8 Å². The monoisotopic (exact) mass is 302 g/mol. The molecule has 1 saturated heterocycles. The van der Waals surface area contributed by atoms with E-state index in [4.69, 9.17) is 4.74 Å². The lowest BCUT2D eigenvalue weighted by Gasteiger charge is -2.23. The molecule has 1 aliphatic heterocycles. The van der Waals surface area contributed by atoms with Gasteiger partial charge in [-0.3, -0.25) is 0 Å². The topological polar surface area (TPSA) is 58.6 Å². The second-order valence-corrected chi connectivity index (χ2v) is 6.89. The first-order valence-electron chi connectivity index (χ1n) is 7.59. The van der Waals surface area contributed by atoms with Gasteiger partial charge < -0.3 is 15.0 Å². The number of ether oxygens (including phenoxy) is 1. The lowest BCUT2D eigenvalue weighted by atomic mass is 10.1. The first-order chi connectivity index (χ1) is 10.3. The Balaban J connectivity index is 1.64. The molecule has 5 nitrogen and oxygen atoms in total. The lowest BCUT2D eigenvalue weighted by molar-refractivity contribution is 0.0600. The van der Waals surface area contributed by atoms with Gasteiger partial charge in [0.05, 0.1) is 12.7 Å². The van der Waals surface area contributed by atoms with E-state index in [1.165, 1.54) is 7.11 Å². The third kappa shape index (κ3) is 2.34. The summed E-state index contributed by atoms with van der Waals surface area (Å²) in [5.74, 6) is 0.907. The summed E-state index contributed by atoms with van der Waals surface area (Å²) in [5, 5.41) is 2.94. The zero-order valence-electron chi connectivity index (χ0n) is 13.5. The molecule has 2 aliphatic rings. The van der Waals surface area contributed by atoms with Crippen molar-refractivity contribution in [2.75, 3.05) is 25.5 Å². The third-order valence-electron chi connectivity index (χ3n) is 5.30. The Bertz CT molecular complexity index is 625. The van der Waals surface area contributed by atoms with Crippen molar-refractivity contribution in [3.05, 3.63) is 29.3 Å². The molecule has 5 heteroatoms. The minimum atomic E-state index is -0.372.